The second-order valence-corrected chi connectivity index (χ2v) is 0.626. The minimum Gasteiger partial charge on any atom is -0.337 e. The molecule has 0 rings (SSSR count). The largest absolute Gasteiger partial charge is 0.482 e. The van der Waals surface area contributed by atoms with Crippen LogP contribution in [0, 0.1) is 0 Å². The average Bonchev–Trinajstić information content (AvgIpc) is 1.65. The van der Waals surface area contributed by atoms with E-state index in [1.165, 1.54) is 0 Å². The maximum Gasteiger partial charge on any atom is 0.482 e. The average molecular weight is 91.1 g/mol. The molecule has 0 aliphatic carbocycles. The molecular weight excluding hydrogens is 84.0 g/mol. The van der Waals surface area contributed by atoms with Crippen molar-refractivity contribution < 1.29 is 9.94 Å². The van der Waals surface area contributed by atoms with Crippen LogP contribution in [0.15, 0.2) is 0 Å². The fourth-order valence-corrected chi connectivity index (χ4v) is 0.0340. The highest BCUT2D eigenvalue weighted by molar-refractivity contribution is 5.63. The van der Waals surface area contributed by atoms with E-state index >= 15 is 0 Å². The standard InChI is InChI=1S/CH6N4O/c2-1(5-3)6-4/h3-4H2,(H2,2,5)/p+1. The first-order valence-corrected chi connectivity index (χ1v) is 1.27. The van der Waals surface area contributed by atoms with Gasteiger partial charge in [-0.25, -0.2) is 0 Å². The first-order valence-electron chi connectivity index (χ1n) is 1.27. The third kappa shape index (κ3) is 1.36. The summed E-state index contributed by atoms with van der Waals surface area (Å²) in [5.41, 5.74) is 4.81. The number of rotatable bonds is 0. The van der Waals surface area contributed by atoms with Gasteiger partial charge in [0, 0.05) is 0 Å². The fraction of sp³-hybridized carbons (Fsp3) is 0. The number of amidine groups is 1. The zero-order valence-corrected chi connectivity index (χ0v) is 3.14. The van der Waals surface area contributed by atoms with Crippen LogP contribution in [0.3, 0.4) is 0 Å². The number of hydrogen-bond donors (Lipinski definition) is 4. The SMILES string of the molecule is N[NH+]=C(N)ON. The molecule has 0 saturated heterocycles. The van der Waals surface area contributed by atoms with E-state index in [4.69, 9.17) is 5.73 Å². The highest BCUT2D eigenvalue weighted by atomic mass is 16.6. The molecule has 0 fully saturated rings. The minimum atomic E-state index is -0.102. The first kappa shape index (κ1) is 5.03. The number of nitrogens with one attached hydrogen (secondary N) is 1. The van der Waals surface area contributed by atoms with Gasteiger partial charge < -0.3 is 4.84 Å². The molecule has 0 aliphatic rings. The molecule has 0 unspecified atom stereocenters. The number of hydrazone groups is 1. The van der Waals surface area contributed by atoms with Gasteiger partial charge in [0.15, 0.2) is 0 Å². The van der Waals surface area contributed by atoms with Crippen LogP contribution in [-0.4, -0.2) is 6.02 Å². The van der Waals surface area contributed by atoms with Crippen molar-refractivity contribution in [2.45, 2.75) is 0 Å². The Morgan fingerprint density at radius 2 is 2.17 bits per heavy atom. The molecule has 0 spiro atoms. The highest BCUT2D eigenvalue weighted by Crippen LogP contribution is 1.34. The van der Waals surface area contributed by atoms with E-state index in [1.807, 2.05) is 5.10 Å². The molecule has 6 heavy (non-hydrogen) atoms. The summed E-state index contributed by atoms with van der Waals surface area (Å²) in [4.78, 5) is 3.86. The van der Waals surface area contributed by atoms with E-state index in [0.717, 1.165) is 0 Å². The van der Waals surface area contributed by atoms with Crippen LogP contribution in [0.2, 0.25) is 0 Å². The lowest BCUT2D eigenvalue weighted by Crippen LogP contribution is -2.83. The van der Waals surface area contributed by atoms with E-state index < -0.39 is 0 Å². The second kappa shape index (κ2) is 2.28. The summed E-state index contributed by atoms with van der Waals surface area (Å²) in [7, 11) is 0. The third-order valence-electron chi connectivity index (χ3n) is 0.269. The van der Waals surface area contributed by atoms with E-state index in [9.17, 15) is 0 Å². The Morgan fingerprint density at radius 1 is 1.67 bits per heavy atom. The second-order valence-electron chi connectivity index (χ2n) is 0.626. The summed E-state index contributed by atoms with van der Waals surface area (Å²) >= 11 is 0. The van der Waals surface area contributed by atoms with Crippen molar-refractivity contribution in [3.8, 4) is 0 Å². The van der Waals surface area contributed by atoms with Crippen molar-refractivity contribution >= 4 is 6.02 Å². The topological polar surface area (TPSA) is 101 Å². The number of nitrogens with two attached hydrogens (primary N) is 3. The molecular formula is CH7N4O+. The smallest absolute Gasteiger partial charge is 0.337 e. The number of hydrogen-bond acceptors (Lipinski definition) is 3. The summed E-state index contributed by atoms with van der Waals surface area (Å²) in [6, 6.07) is -0.102. The minimum absolute atomic E-state index is 0.102. The van der Waals surface area contributed by atoms with Crippen LogP contribution in [0.1, 0.15) is 0 Å². The molecule has 0 saturated carbocycles. The third-order valence-corrected chi connectivity index (χ3v) is 0.269. The molecule has 0 atom stereocenters. The molecule has 0 radical (unpaired) electrons. The predicted octanol–water partition coefficient (Wildman–Crippen LogP) is -3.85. The van der Waals surface area contributed by atoms with E-state index in [1.54, 1.807) is 0 Å². The van der Waals surface area contributed by atoms with Crippen molar-refractivity contribution in [2.75, 3.05) is 0 Å². The van der Waals surface area contributed by atoms with E-state index in [2.05, 4.69) is 16.6 Å². The lowest BCUT2D eigenvalue weighted by atomic mass is 11.2. The Kier molecular flexibility index (Phi) is 1.91. The van der Waals surface area contributed by atoms with Gasteiger partial charge in [-0.15, -0.1) is 5.10 Å². The van der Waals surface area contributed by atoms with Crippen molar-refractivity contribution in [1.82, 2.24) is 0 Å². The van der Waals surface area contributed by atoms with Crippen LogP contribution >= 0.6 is 0 Å². The number of hydrazine groups is 1. The molecule has 5 nitrogen and oxygen atoms in total. The lowest BCUT2D eigenvalue weighted by molar-refractivity contribution is -0.481. The molecule has 0 bridgehead atoms. The van der Waals surface area contributed by atoms with Gasteiger partial charge in [0.05, 0.1) is 0 Å². The Balaban J connectivity index is 3.22. The van der Waals surface area contributed by atoms with E-state index in [-0.39, 0.29) is 6.02 Å². The van der Waals surface area contributed by atoms with Crippen molar-refractivity contribution in [3.63, 3.8) is 0 Å². The predicted molar refractivity (Wildman–Crippen MR) is 19.6 cm³/mol. The van der Waals surface area contributed by atoms with Crippen LogP contribution < -0.4 is 22.6 Å². The van der Waals surface area contributed by atoms with Gasteiger partial charge in [-0.1, -0.05) is 0 Å². The molecule has 0 heterocycles. The van der Waals surface area contributed by atoms with Crippen LogP contribution in [-0.2, 0) is 4.84 Å². The Morgan fingerprint density at radius 3 is 2.17 bits per heavy atom. The summed E-state index contributed by atoms with van der Waals surface area (Å²) in [6.45, 7) is 0. The molecule has 0 aliphatic heterocycles. The van der Waals surface area contributed by atoms with E-state index in [0.29, 0.717) is 0 Å². The molecule has 0 aromatic rings. The maximum atomic E-state index is 4.81. The van der Waals surface area contributed by atoms with Crippen LogP contribution in [0.4, 0.5) is 0 Å². The molecule has 0 aromatic carbocycles. The van der Waals surface area contributed by atoms with Crippen LogP contribution in [0.5, 0.6) is 0 Å². The zero-order chi connectivity index (χ0) is 4.99. The van der Waals surface area contributed by atoms with Crippen molar-refractivity contribution in [2.24, 2.45) is 17.5 Å². The van der Waals surface area contributed by atoms with Crippen molar-refractivity contribution in [3.05, 3.63) is 0 Å². The van der Waals surface area contributed by atoms with Gasteiger partial charge in [0.25, 0.3) is 0 Å². The molecule has 0 amide bonds. The fourth-order valence-electron chi connectivity index (χ4n) is 0.0340. The first-order chi connectivity index (χ1) is 2.81. The molecule has 36 valence electrons. The lowest BCUT2D eigenvalue weighted by Gasteiger charge is -1.81. The van der Waals surface area contributed by atoms with Gasteiger partial charge in [0.2, 0.25) is 0 Å². The zero-order valence-electron chi connectivity index (χ0n) is 3.14. The Bertz CT molecular complexity index is 58.6. The van der Waals surface area contributed by atoms with Crippen molar-refractivity contribution in [1.29, 1.82) is 0 Å². The van der Waals surface area contributed by atoms with Gasteiger partial charge in [-0.3, -0.25) is 11.6 Å². The summed E-state index contributed by atoms with van der Waals surface area (Å²) < 4.78 is 0. The van der Waals surface area contributed by atoms with Gasteiger partial charge in [-0.05, 0) is 0 Å². The van der Waals surface area contributed by atoms with Gasteiger partial charge in [0.1, 0.15) is 0 Å². The highest BCUT2D eigenvalue weighted by Gasteiger charge is 1.87. The molecule has 0 aromatic heterocycles. The quantitative estimate of drug-likeness (QED) is 0.106. The van der Waals surface area contributed by atoms with Gasteiger partial charge in [-0.2, -0.15) is 5.90 Å². The molecule has 7 N–H and O–H groups in total. The van der Waals surface area contributed by atoms with Gasteiger partial charge >= 0.3 is 6.02 Å². The maximum absolute atomic E-state index is 4.81. The summed E-state index contributed by atoms with van der Waals surface area (Å²) in [6.07, 6.45) is 0. The Labute approximate surface area is 34.7 Å². The summed E-state index contributed by atoms with van der Waals surface area (Å²) in [5, 5.41) is 1.96. The summed E-state index contributed by atoms with van der Waals surface area (Å²) in [5.74, 6) is 9.14. The Hall–Kier alpha value is -0.970. The molecule has 5 heteroatoms. The monoisotopic (exact) mass is 91.1 g/mol. The normalized spacial score (nSPS) is 11.2. The van der Waals surface area contributed by atoms with Crippen LogP contribution in [0.25, 0.3) is 0 Å².